The highest BCUT2D eigenvalue weighted by atomic mass is 32.2. The Bertz CT molecular complexity index is 936. The summed E-state index contributed by atoms with van der Waals surface area (Å²) in [6, 6.07) is 14.2. The van der Waals surface area contributed by atoms with Gasteiger partial charge in [0.2, 0.25) is 0 Å². The standard InChI is InChI=1S/C15H21NO3.C7H8O3S/c1-11(2)13-5-3-12(4-6-13)10-19-15(18)8-7-14(17)9-16;1-6-4-2-3-5-7(6)11(8,9)10/h3-6,11H,7-10,16H2,1-2H3;2-5H,1H3,(H,8,9,10). The van der Waals surface area contributed by atoms with E-state index in [9.17, 15) is 18.0 Å². The third kappa shape index (κ3) is 9.30. The lowest BCUT2D eigenvalue weighted by molar-refractivity contribution is -0.146. The highest BCUT2D eigenvalue weighted by molar-refractivity contribution is 7.85. The minimum atomic E-state index is -4.03. The molecule has 0 radical (unpaired) electrons. The van der Waals surface area contributed by atoms with Crippen LogP contribution >= 0.6 is 0 Å². The number of ether oxygens (including phenoxy) is 1. The van der Waals surface area contributed by atoms with Crippen molar-refractivity contribution in [1.82, 2.24) is 0 Å². The Morgan fingerprint density at radius 1 is 1.03 bits per heavy atom. The van der Waals surface area contributed by atoms with Crippen LogP contribution in [0.3, 0.4) is 0 Å². The number of Topliss-reactive ketones (excluding diaryl/α,β-unsaturated/α-hetero) is 1. The molecule has 0 saturated carbocycles. The van der Waals surface area contributed by atoms with Crippen molar-refractivity contribution in [2.24, 2.45) is 5.73 Å². The lowest BCUT2D eigenvalue weighted by Crippen LogP contribution is -2.15. The highest BCUT2D eigenvalue weighted by Crippen LogP contribution is 2.15. The van der Waals surface area contributed by atoms with E-state index >= 15 is 0 Å². The zero-order chi connectivity index (χ0) is 22.7. The van der Waals surface area contributed by atoms with E-state index in [-0.39, 0.29) is 42.6 Å². The van der Waals surface area contributed by atoms with Crippen molar-refractivity contribution in [2.45, 2.75) is 51.0 Å². The summed E-state index contributed by atoms with van der Waals surface area (Å²) in [5.41, 5.74) is 7.91. The Hall–Kier alpha value is -2.55. The minimum Gasteiger partial charge on any atom is -0.461 e. The van der Waals surface area contributed by atoms with Crippen molar-refractivity contribution in [3.63, 3.8) is 0 Å². The number of rotatable bonds is 8. The van der Waals surface area contributed by atoms with Crippen LogP contribution in [0.15, 0.2) is 53.4 Å². The van der Waals surface area contributed by atoms with E-state index in [1.165, 1.54) is 11.6 Å². The number of hydrogen-bond donors (Lipinski definition) is 2. The second-order valence-electron chi connectivity index (χ2n) is 7.04. The third-order valence-electron chi connectivity index (χ3n) is 4.25. The van der Waals surface area contributed by atoms with Gasteiger partial charge >= 0.3 is 5.97 Å². The Kier molecular flexibility index (Phi) is 10.4. The Labute approximate surface area is 178 Å². The van der Waals surface area contributed by atoms with Gasteiger partial charge in [0.25, 0.3) is 10.1 Å². The molecule has 0 fully saturated rings. The van der Waals surface area contributed by atoms with Crippen LogP contribution < -0.4 is 5.73 Å². The van der Waals surface area contributed by atoms with Gasteiger partial charge in [0.15, 0.2) is 0 Å². The molecule has 0 atom stereocenters. The molecule has 0 aliphatic heterocycles. The average molecular weight is 436 g/mol. The van der Waals surface area contributed by atoms with Gasteiger partial charge in [0.05, 0.1) is 17.9 Å². The second kappa shape index (κ2) is 12.2. The minimum absolute atomic E-state index is 0.0239. The third-order valence-corrected chi connectivity index (χ3v) is 5.27. The number of benzene rings is 2. The summed E-state index contributed by atoms with van der Waals surface area (Å²) >= 11 is 0. The first kappa shape index (κ1) is 25.5. The number of ketones is 1. The van der Waals surface area contributed by atoms with Crippen LogP contribution in [0.25, 0.3) is 0 Å². The molecule has 0 unspecified atom stereocenters. The maximum absolute atomic E-state index is 11.4. The fraction of sp³-hybridized carbons (Fsp3) is 0.364. The molecule has 0 aliphatic carbocycles. The van der Waals surface area contributed by atoms with Crippen molar-refractivity contribution < 1.29 is 27.3 Å². The van der Waals surface area contributed by atoms with Crippen LogP contribution in [-0.2, 0) is 31.1 Å². The molecule has 8 heteroatoms. The molecule has 0 amide bonds. The molecule has 30 heavy (non-hydrogen) atoms. The molecule has 3 N–H and O–H groups in total. The molecular weight excluding hydrogens is 406 g/mol. The van der Waals surface area contributed by atoms with Crippen LogP contribution in [0.1, 0.15) is 49.3 Å². The molecule has 0 spiro atoms. The maximum Gasteiger partial charge on any atom is 0.306 e. The summed E-state index contributed by atoms with van der Waals surface area (Å²) in [5.74, 6) is -0.00755. The second-order valence-corrected chi connectivity index (χ2v) is 8.43. The van der Waals surface area contributed by atoms with E-state index in [0.29, 0.717) is 11.5 Å². The van der Waals surface area contributed by atoms with Crippen LogP contribution in [-0.4, -0.2) is 31.3 Å². The van der Waals surface area contributed by atoms with Gasteiger partial charge in [-0.2, -0.15) is 8.42 Å². The number of nitrogens with two attached hydrogens (primary N) is 1. The molecule has 7 nitrogen and oxygen atoms in total. The molecule has 0 aromatic heterocycles. The van der Waals surface area contributed by atoms with Gasteiger partial charge < -0.3 is 10.5 Å². The van der Waals surface area contributed by atoms with E-state index in [0.717, 1.165) is 5.56 Å². The summed E-state index contributed by atoms with van der Waals surface area (Å²) in [7, 11) is -4.03. The van der Waals surface area contributed by atoms with Crippen molar-refractivity contribution in [3.05, 3.63) is 65.2 Å². The lowest BCUT2D eigenvalue weighted by atomic mass is 10.0. The molecule has 2 aromatic rings. The molecule has 164 valence electrons. The number of hydrogen-bond acceptors (Lipinski definition) is 6. The van der Waals surface area contributed by atoms with Crippen molar-refractivity contribution in [2.75, 3.05) is 6.54 Å². The number of esters is 1. The maximum atomic E-state index is 11.4. The summed E-state index contributed by atoms with van der Waals surface area (Å²) in [4.78, 5) is 22.3. The molecular formula is C22H29NO6S. The number of carbonyl (C=O) groups is 2. The molecule has 0 bridgehead atoms. The van der Waals surface area contributed by atoms with Gasteiger partial charge in [-0.3, -0.25) is 14.1 Å². The van der Waals surface area contributed by atoms with Crippen molar-refractivity contribution in [1.29, 1.82) is 0 Å². The largest absolute Gasteiger partial charge is 0.461 e. The van der Waals surface area contributed by atoms with Gasteiger partial charge in [0, 0.05) is 6.42 Å². The van der Waals surface area contributed by atoms with Gasteiger partial charge in [0.1, 0.15) is 12.4 Å². The lowest BCUT2D eigenvalue weighted by Gasteiger charge is -2.07. The zero-order valence-corrected chi connectivity index (χ0v) is 18.3. The Morgan fingerprint density at radius 2 is 1.63 bits per heavy atom. The first-order valence-corrected chi connectivity index (χ1v) is 11.0. The smallest absolute Gasteiger partial charge is 0.306 e. The number of carbonyl (C=O) groups excluding carboxylic acids is 2. The van der Waals surface area contributed by atoms with E-state index in [4.69, 9.17) is 15.0 Å². The van der Waals surface area contributed by atoms with Crippen molar-refractivity contribution in [3.8, 4) is 0 Å². The normalized spacial score (nSPS) is 10.9. The van der Waals surface area contributed by atoms with E-state index < -0.39 is 10.1 Å². The highest BCUT2D eigenvalue weighted by Gasteiger charge is 2.10. The summed E-state index contributed by atoms with van der Waals surface area (Å²) in [6.07, 6.45) is 0.252. The van der Waals surface area contributed by atoms with Crippen LogP contribution in [0.5, 0.6) is 0 Å². The summed E-state index contributed by atoms with van der Waals surface area (Å²) in [6.45, 7) is 6.11. The monoisotopic (exact) mass is 435 g/mol. The van der Waals surface area contributed by atoms with Crippen LogP contribution in [0.2, 0.25) is 0 Å². The van der Waals surface area contributed by atoms with Crippen LogP contribution in [0.4, 0.5) is 0 Å². The topological polar surface area (TPSA) is 124 Å². The first-order valence-electron chi connectivity index (χ1n) is 9.54. The quantitative estimate of drug-likeness (QED) is 0.481. The fourth-order valence-electron chi connectivity index (χ4n) is 2.42. The molecule has 2 aromatic carbocycles. The first-order chi connectivity index (χ1) is 14.0. The number of aryl methyl sites for hydroxylation is 1. The van der Waals surface area contributed by atoms with Gasteiger partial charge in [-0.1, -0.05) is 56.3 Å². The molecule has 0 heterocycles. The van der Waals surface area contributed by atoms with E-state index in [1.807, 2.05) is 24.3 Å². The zero-order valence-electron chi connectivity index (χ0n) is 17.5. The van der Waals surface area contributed by atoms with Crippen LogP contribution in [0, 0.1) is 6.92 Å². The predicted octanol–water partition coefficient (Wildman–Crippen LogP) is 3.40. The van der Waals surface area contributed by atoms with E-state index in [2.05, 4.69) is 13.8 Å². The van der Waals surface area contributed by atoms with Gasteiger partial charge in [-0.05, 0) is 35.6 Å². The average Bonchev–Trinajstić information content (AvgIpc) is 2.70. The van der Waals surface area contributed by atoms with Gasteiger partial charge in [-0.25, -0.2) is 0 Å². The Balaban J connectivity index is 0.000000346. The van der Waals surface area contributed by atoms with Crippen molar-refractivity contribution >= 4 is 21.9 Å². The Morgan fingerprint density at radius 3 is 2.10 bits per heavy atom. The van der Waals surface area contributed by atoms with Gasteiger partial charge in [-0.15, -0.1) is 0 Å². The summed E-state index contributed by atoms with van der Waals surface area (Å²) in [5, 5.41) is 0. The predicted molar refractivity (Wildman–Crippen MR) is 115 cm³/mol. The molecule has 0 aliphatic rings. The fourth-order valence-corrected chi connectivity index (χ4v) is 3.15. The van der Waals surface area contributed by atoms with E-state index in [1.54, 1.807) is 25.1 Å². The SMILES string of the molecule is CC(C)c1ccc(COC(=O)CCC(=O)CN)cc1.Cc1ccccc1S(=O)(=O)O. The summed E-state index contributed by atoms with van der Waals surface area (Å²) < 4.78 is 35.0. The molecule has 0 saturated heterocycles. The molecule has 2 rings (SSSR count).